The molecular weight excluding hydrogens is 466 g/mol. The maximum atomic E-state index is 9.87. The third-order valence-corrected chi connectivity index (χ3v) is 7.61. The number of rotatable bonds is 8. The van der Waals surface area contributed by atoms with Crippen molar-refractivity contribution >= 4 is 27.0 Å². The average molecular weight is 494 g/mol. The fourth-order valence-electron chi connectivity index (χ4n) is 4.63. The van der Waals surface area contributed by atoms with Gasteiger partial charge in [0.15, 0.2) is 0 Å². The van der Waals surface area contributed by atoms with Crippen LogP contribution in [0.3, 0.4) is 0 Å². The molecule has 7 heteroatoms. The van der Waals surface area contributed by atoms with Crippen molar-refractivity contribution in [3.8, 4) is 11.8 Å². The van der Waals surface area contributed by atoms with Crippen LogP contribution in [-0.2, 0) is 12.0 Å². The van der Waals surface area contributed by atoms with Gasteiger partial charge in [0.05, 0.1) is 28.1 Å². The number of likely N-dealkylation sites (tertiary alicyclic amines) is 1. The fourth-order valence-corrected chi connectivity index (χ4v) is 5.16. The summed E-state index contributed by atoms with van der Waals surface area (Å²) in [5.74, 6) is 1.58. The summed E-state index contributed by atoms with van der Waals surface area (Å²) in [6.07, 6.45) is 5.30. The lowest BCUT2D eigenvalue weighted by molar-refractivity contribution is 0.172. The zero-order valence-electron chi connectivity index (χ0n) is 18.2. The smallest absolute Gasteiger partial charge is 0.135 e. The van der Waals surface area contributed by atoms with Crippen molar-refractivity contribution in [1.29, 1.82) is 5.26 Å². The summed E-state index contributed by atoms with van der Waals surface area (Å²) in [6.45, 7) is 4.48. The Labute approximate surface area is 197 Å². The topological polar surface area (TPSA) is 67.0 Å². The first-order chi connectivity index (χ1) is 15.7. The molecule has 0 N–H and O–H groups in total. The lowest BCUT2D eigenvalue weighted by Gasteiger charge is -2.37. The highest BCUT2D eigenvalue weighted by atomic mass is 79.9. The second-order valence-electron chi connectivity index (χ2n) is 9.06. The van der Waals surface area contributed by atoms with Gasteiger partial charge in [0, 0.05) is 13.1 Å². The molecule has 0 unspecified atom stereocenters. The summed E-state index contributed by atoms with van der Waals surface area (Å²) >= 11 is 3.67. The van der Waals surface area contributed by atoms with E-state index in [0.717, 1.165) is 78.2 Å². The number of hydrogen-bond acceptors (Lipinski definition) is 5. The summed E-state index contributed by atoms with van der Waals surface area (Å²) in [5.41, 5.74) is 2.74. The first kappa shape index (κ1) is 21.4. The van der Waals surface area contributed by atoms with Crippen LogP contribution >= 0.6 is 15.9 Å². The second kappa shape index (κ2) is 9.21. The first-order valence-electron chi connectivity index (χ1n) is 11.5. The summed E-state index contributed by atoms with van der Waals surface area (Å²) in [4.78, 5) is 2.45. The van der Waals surface area contributed by atoms with Crippen molar-refractivity contribution in [3.63, 3.8) is 0 Å². The fraction of sp³-hybridized carbons (Fsp3) is 0.480. The molecule has 1 aromatic heterocycles. The van der Waals surface area contributed by atoms with Gasteiger partial charge >= 0.3 is 0 Å². The molecule has 166 valence electrons. The molecule has 6 nitrogen and oxygen atoms in total. The molecule has 2 heterocycles. The molecule has 2 fully saturated rings. The van der Waals surface area contributed by atoms with E-state index < -0.39 is 0 Å². The number of nitrogens with zero attached hydrogens (tertiary/aromatic N) is 5. The molecule has 2 aromatic carbocycles. The second-order valence-corrected chi connectivity index (χ2v) is 9.86. The van der Waals surface area contributed by atoms with Gasteiger partial charge in [0.25, 0.3) is 0 Å². The van der Waals surface area contributed by atoms with E-state index in [1.54, 1.807) is 0 Å². The maximum Gasteiger partial charge on any atom is 0.135 e. The molecule has 0 spiro atoms. The molecule has 1 saturated heterocycles. The van der Waals surface area contributed by atoms with E-state index in [1.807, 2.05) is 28.9 Å². The lowest BCUT2D eigenvalue weighted by atomic mass is 9.74. The van der Waals surface area contributed by atoms with Crippen LogP contribution < -0.4 is 4.74 Å². The van der Waals surface area contributed by atoms with Gasteiger partial charge in [0.1, 0.15) is 11.3 Å². The Hall–Kier alpha value is -2.43. The molecule has 0 atom stereocenters. The van der Waals surface area contributed by atoms with Gasteiger partial charge in [-0.25, -0.2) is 4.68 Å². The summed E-state index contributed by atoms with van der Waals surface area (Å²) < 4.78 is 8.96. The normalized spacial score (nSPS) is 18.5. The SMILES string of the molecule is N#CC1(c2ccccc2)CCN(CCCOc2ccc3c(nnn3CC3CC3)c2Br)CC1. The minimum absolute atomic E-state index is 0.342. The molecule has 32 heavy (non-hydrogen) atoms. The van der Waals surface area contributed by atoms with E-state index in [2.05, 4.69) is 55.4 Å². The number of aromatic nitrogens is 3. The third-order valence-electron chi connectivity index (χ3n) is 6.84. The Morgan fingerprint density at radius 2 is 1.91 bits per heavy atom. The zero-order valence-corrected chi connectivity index (χ0v) is 19.8. The minimum atomic E-state index is -0.342. The molecule has 1 aliphatic heterocycles. The van der Waals surface area contributed by atoms with Crippen LogP contribution in [0.1, 0.15) is 37.7 Å². The molecular formula is C25H28BrN5O. The number of fused-ring (bicyclic) bond motifs is 1. The summed E-state index contributed by atoms with van der Waals surface area (Å²) in [6, 6.07) is 16.9. The summed E-state index contributed by atoms with van der Waals surface area (Å²) in [5, 5.41) is 18.6. The quantitative estimate of drug-likeness (QED) is 0.416. The van der Waals surface area contributed by atoms with E-state index in [1.165, 1.54) is 12.8 Å². The Kier molecular flexibility index (Phi) is 6.16. The Morgan fingerprint density at radius 3 is 2.62 bits per heavy atom. The average Bonchev–Trinajstić information content (AvgIpc) is 3.57. The van der Waals surface area contributed by atoms with Gasteiger partial charge in [-0.1, -0.05) is 35.5 Å². The van der Waals surface area contributed by atoms with E-state index in [9.17, 15) is 5.26 Å². The Bertz CT molecular complexity index is 1110. The van der Waals surface area contributed by atoms with Crippen LogP contribution in [0.15, 0.2) is 46.9 Å². The van der Waals surface area contributed by atoms with Crippen LogP contribution in [0, 0.1) is 17.2 Å². The van der Waals surface area contributed by atoms with Crippen LogP contribution in [0.2, 0.25) is 0 Å². The number of nitriles is 1. The van der Waals surface area contributed by atoms with Crippen LogP contribution in [0.25, 0.3) is 11.0 Å². The zero-order chi connectivity index (χ0) is 22.0. The van der Waals surface area contributed by atoms with E-state index >= 15 is 0 Å². The van der Waals surface area contributed by atoms with Gasteiger partial charge in [0.2, 0.25) is 0 Å². The number of piperidine rings is 1. The number of benzene rings is 2. The van der Waals surface area contributed by atoms with Crippen molar-refractivity contribution in [3.05, 3.63) is 52.5 Å². The highest BCUT2D eigenvalue weighted by Crippen LogP contribution is 2.36. The van der Waals surface area contributed by atoms with Crippen molar-refractivity contribution in [1.82, 2.24) is 19.9 Å². The molecule has 2 aliphatic rings. The minimum Gasteiger partial charge on any atom is -0.492 e. The van der Waals surface area contributed by atoms with Crippen molar-refractivity contribution in [2.24, 2.45) is 5.92 Å². The lowest BCUT2D eigenvalue weighted by Crippen LogP contribution is -2.42. The predicted octanol–water partition coefficient (Wildman–Crippen LogP) is 4.93. The predicted molar refractivity (Wildman–Crippen MR) is 127 cm³/mol. The molecule has 0 bridgehead atoms. The van der Waals surface area contributed by atoms with E-state index in [4.69, 9.17) is 4.74 Å². The number of hydrogen-bond donors (Lipinski definition) is 0. The Balaban J connectivity index is 1.12. The van der Waals surface area contributed by atoms with E-state index in [0.29, 0.717) is 6.61 Å². The van der Waals surface area contributed by atoms with E-state index in [-0.39, 0.29) is 5.41 Å². The highest BCUT2D eigenvalue weighted by molar-refractivity contribution is 9.10. The Morgan fingerprint density at radius 1 is 1.12 bits per heavy atom. The molecule has 5 rings (SSSR count). The van der Waals surface area contributed by atoms with Gasteiger partial charge in [-0.3, -0.25) is 0 Å². The molecule has 0 amide bonds. The number of halogens is 1. The third kappa shape index (κ3) is 4.39. The van der Waals surface area contributed by atoms with Gasteiger partial charge < -0.3 is 9.64 Å². The maximum absolute atomic E-state index is 9.87. The molecule has 3 aromatic rings. The van der Waals surface area contributed by atoms with Crippen molar-refractivity contribution in [2.75, 3.05) is 26.2 Å². The standard InChI is InChI=1S/C25H28BrN5O/c26-23-22(10-9-21-24(23)28-29-31(21)17-19-7-8-19)32-16-4-13-30-14-11-25(18-27,12-15-30)20-5-2-1-3-6-20/h1-3,5-6,9-10,19H,4,7-8,11-17H2. The molecule has 0 radical (unpaired) electrons. The van der Waals surface area contributed by atoms with Gasteiger partial charge in [-0.05, 0) is 84.7 Å². The molecule has 1 aliphatic carbocycles. The largest absolute Gasteiger partial charge is 0.492 e. The van der Waals surface area contributed by atoms with Gasteiger partial charge in [-0.2, -0.15) is 5.26 Å². The molecule has 1 saturated carbocycles. The highest BCUT2D eigenvalue weighted by Gasteiger charge is 2.36. The van der Waals surface area contributed by atoms with Crippen LogP contribution in [0.4, 0.5) is 0 Å². The van der Waals surface area contributed by atoms with Crippen LogP contribution in [0.5, 0.6) is 5.75 Å². The van der Waals surface area contributed by atoms with Crippen molar-refractivity contribution < 1.29 is 4.74 Å². The first-order valence-corrected chi connectivity index (χ1v) is 12.3. The monoisotopic (exact) mass is 493 g/mol. The van der Waals surface area contributed by atoms with Gasteiger partial charge in [-0.15, -0.1) is 5.10 Å². The van der Waals surface area contributed by atoms with Crippen molar-refractivity contribution in [2.45, 2.75) is 44.1 Å². The number of ether oxygens (including phenoxy) is 1. The van der Waals surface area contributed by atoms with Crippen LogP contribution in [-0.4, -0.2) is 46.1 Å². The summed E-state index contributed by atoms with van der Waals surface area (Å²) in [7, 11) is 0.